The minimum absolute atomic E-state index is 0.0195. The van der Waals surface area contributed by atoms with Crippen molar-refractivity contribution in [3.63, 3.8) is 0 Å². The number of rotatable bonds is 4. The topological polar surface area (TPSA) is 55.1 Å². The van der Waals surface area contributed by atoms with Gasteiger partial charge in [-0.25, -0.2) is 0 Å². The van der Waals surface area contributed by atoms with E-state index < -0.39 is 0 Å². The zero-order valence-corrected chi connectivity index (χ0v) is 15.1. The lowest BCUT2D eigenvalue weighted by atomic mass is 10.00. The van der Waals surface area contributed by atoms with E-state index in [2.05, 4.69) is 50.3 Å². The Kier molecular flexibility index (Phi) is 4.34. The number of benzene rings is 1. The van der Waals surface area contributed by atoms with Crippen molar-refractivity contribution in [1.82, 2.24) is 19.2 Å². The average Bonchev–Trinajstić information content (AvgIpc) is 3.21. The molecule has 1 aliphatic heterocycles. The van der Waals surface area contributed by atoms with Crippen LogP contribution in [0.4, 0.5) is 5.82 Å². The Hall–Kier alpha value is -2.86. The maximum atomic E-state index is 12.7. The van der Waals surface area contributed by atoms with Crippen molar-refractivity contribution in [3.8, 4) is 0 Å². The van der Waals surface area contributed by atoms with Gasteiger partial charge in [0, 0.05) is 38.1 Å². The third-order valence-electron chi connectivity index (χ3n) is 4.87. The molecule has 1 N–H and O–H groups in total. The highest BCUT2D eigenvalue weighted by molar-refractivity contribution is 5.91. The van der Waals surface area contributed by atoms with Gasteiger partial charge in [-0.1, -0.05) is 30.3 Å². The lowest BCUT2D eigenvalue weighted by molar-refractivity contribution is -0.118. The van der Waals surface area contributed by atoms with Crippen LogP contribution in [0, 0.1) is 6.92 Å². The van der Waals surface area contributed by atoms with Gasteiger partial charge in [-0.15, -0.1) is 0 Å². The smallest absolute Gasteiger partial charge is 0.239 e. The van der Waals surface area contributed by atoms with Crippen molar-refractivity contribution in [3.05, 3.63) is 71.7 Å². The molecule has 1 unspecified atom stereocenters. The molecular weight excluding hydrogens is 326 g/mol. The Morgan fingerprint density at radius 2 is 2.00 bits per heavy atom. The molecule has 0 saturated heterocycles. The number of aromatic nitrogens is 3. The van der Waals surface area contributed by atoms with Crippen molar-refractivity contribution in [2.24, 2.45) is 7.05 Å². The summed E-state index contributed by atoms with van der Waals surface area (Å²) >= 11 is 0. The summed E-state index contributed by atoms with van der Waals surface area (Å²) in [6, 6.07) is 16.6. The SMILES string of the molecule is Cc1cc(NC(=O)CN2CCn3cccc3C2c2ccccc2)n(C)n1. The Labute approximate surface area is 153 Å². The van der Waals surface area contributed by atoms with Crippen LogP contribution in [0.5, 0.6) is 0 Å². The van der Waals surface area contributed by atoms with Gasteiger partial charge in [-0.3, -0.25) is 14.4 Å². The van der Waals surface area contributed by atoms with Gasteiger partial charge in [-0.2, -0.15) is 5.10 Å². The first-order valence-corrected chi connectivity index (χ1v) is 8.86. The fourth-order valence-corrected chi connectivity index (χ4v) is 3.71. The predicted octanol–water partition coefficient (Wildman–Crippen LogP) is 2.57. The summed E-state index contributed by atoms with van der Waals surface area (Å²) in [5, 5.41) is 7.26. The monoisotopic (exact) mass is 349 g/mol. The van der Waals surface area contributed by atoms with E-state index in [9.17, 15) is 4.79 Å². The molecule has 1 atom stereocenters. The summed E-state index contributed by atoms with van der Waals surface area (Å²) in [6.45, 7) is 3.98. The summed E-state index contributed by atoms with van der Waals surface area (Å²) < 4.78 is 3.97. The number of hydrogen-bond acceptors (Lipinski definition) is 3. The second kappa shape index (κ2) is 6.80. The standard InChI is InChI=1S/C20H23N5O/c1-15-13-18(23(2)22-15)21-19(26)14-25-12-11-24-10-6-9-17(24)20(25)16-7-4-3-5-8-16/h3-10,13,20H,11-12,14H2,1-2H3,(H,21,26). The summed E-state index contributed by atoms with van der Waals surface area (Å²) in [7, 11) is 1.84. The van der Waals surface area contributed by atoms with Crippen LogP contribution in [0.25, 0.3) is 0 Å². The Bertz CT molecular complexity index is 911. The van der Waals surface area contributed by atoms with Crippen LogP contribution in [0.15, 0.2) is 54.7 Å². The number of anilines is 1. The molecule has 26 heavy (non-hydrogen) atoms. The lowest BCUT2D eigenvalue weighted by Crippen LogP contribution is -2.42. The van der Waals surface area contributed by atoms with Gasteiger partial charge in [0.15, 0.2) is 0 Å². The molecule has 0 spiro atoms. The number of nitrogens with zero attached hydrogens (tertiary/aromatic N) is 4. The third kappa shape index (κ3) is 3.15. The molecule has 0 fully saturated rings. The second-order valence-electron chi connectivity index (χ2n) is 6.75. The second-order valence-corrected chi connectivity index (χ2v) is 6.75. The van der Waals surface area contributed by atoms with Crippen LogP contribution in [0.1, 0.15) is 23.0 Å². The number of hydrogen-bond donors (Lipinski definition) is 1. The first-order chi connectivity index (χ1) is 12.6. The summed E-state index contributed by atoms with van der Waals surface area (Å²) in [5.41, 5.74) is 3.32. The van der Waals surface area contributed by atoms with Crippen LogP contribution in [0.3, 0.4) is 0 Å². The fraction of sp³-hybridized carbons (Fsp3) is 0.300. The number of fused-ring (bicyclic) bond motifs is 1. The largest absolute Gasteiger partial charge is 0.348 e. The summed E-state index contributed by atoms with van der Waals surface area (Å²) in [6.07, 6.45) is 2.11. The highest BCUT2D eigenvalue weighted by Gasteiger charge is 2.30. The lowest BCUT2D eigenvalue weighted by Gasteiger charge is -2.36. The van der Waals surface area contributed by atoms with Gasteiger partial charge in [0.2, 0.25) is 5.91 Å². The molecule has 3 heterocycles. The minimum Gasteiger partial charge on any atom is -0.348 e. The van der Waals surface area contributed by atoms with Crippen molar-refractivity contribution in [2.75, 3.05) is 18.4 Å². The van der Waals surface area contributed by atoms with Gasteiger partial charge in [0.05, 0.1) is 18.3 Å². The van der Waals surface area contributed by atoms with Crippen LogP contribution < -0.4 is 5.32 Å². The Morgan fingerprint density at radius 1 is 1.19 bits per heavy atom. The molecule has 0 bridgehead atoms. The average molecular weight is 349 g/mol. The molecule has 0 aliphatic carbocycles. The normalized spacial score (nSPS) is 17.1. The van der Waals surface area contributed by atoms with Crippen molar-refractivity contribution in [1.29, 1.82) is 0 Å². The number of aryl methyl sites for hydroxylation is 2. The van der Waals surface area contributed by atoms with Crippen LogP contribution in [0.2, 0.25) is 0 Å². The van der Waals surface area contributed by atoms with E-state index in [1.807, 2.05) is 38.2 Å². The molecule has 0 saturated carbocycles. The molecule has 3 aromatic rings. The molecule has 1 amide bonds. The number of carbonyl (C=O) groups excluding carboxylic acids is 1. The predicted molar refractivity (Wildman–Crippen MR) is 101 cm³/mol. The molecule has 6 heteroatoms. The highest BCUT2D eigenvalue weighted by atomic mass is 16.2. The maximum Gasteiger partial charge on any atom is 0.239 e. The van der Waals surface area contributed by atoms with E-state index in [1.54, 1.807) is 4.68 Å². The molecule has 134 valence electrons. The molecular formula is C20H23N5O. The van der Waals surface area contributed by atoms with E-state index in [0.717, 1.165) is 24.6 Å². The van der Waals surface area contributed by atoms with Gasteiger partial charge >= 0.3 is 0 Å². The van der Waals surface area contributed by atoms with Gasteiger partial charge in [0.1, 0.15) is 5.82 Å². The highest BCUT2D eigenvalue weighted by Crippen LogP contribution is 2.32. The van der Waals surface area contributed by atoms with E-state index in [-0.39, 0.29) is 11.9 Å². The maximum absolute atomic E-state index is 12.7. The quantitative estimate of drug-likeness (QED) is 0.788. The van der Waals surface area contributed by atoms with Crippen LogP contribution in [-0.2, 0) is 18.4 Å². The third-order valence-corrected chi connectivity index (χ3v) is 4.87. The van der Waals surface area contributed by atoms with Crippen molar-refractivity contribution >= 4 is 11.7 Å². The minimum atomic E-state index is -0.0195. The zero-order chi connectivity index (χ0) is 18.1. The molecule has 2 aromatic heterocycles. The van der Waals surface area contributed by atoms with Crippen LogP contribution >= 0.6 is 0 Å². The molecule has 4 rings (SSSR count). The first-order valence-electron chi connectivity index (χ1n) is 8.86. The van der Waals surface area contributed by atoms with Gasteiger partial charge < -0.3 is 9.88 Å². The van der Waals surface area contributed by atoms with Crippen molar-refractivity contribution in [2.45, 2.75) is 19.5 Å². The number of amides is 1. The van der Waals surface area contributed by atoms with E-state index in [0.29, 0.717) is 6.54 Å². The Balaban J connectivity index is 1.56. The number of carbonyl (C=O) groups is 1. The van der Waals surface area contributed by atoms with E-state index in [1.165, 1.54) is 11.3 Å². The first kappa shape index (κ1) is 16.6. The fourth-order valence-electron chi connectivity index (χ4n) is 3.71. The summed E-state index contributed by atoms with van der Waals surface area (Å²) in [5.74, 6) is 0.707. The van der Waals surface area contributed by atoms with E-state index in [4.69, 9.17) is 0 Å². The van der Waals surface area contributed by atoms with Gasteiger partial charge in [-0.05, 0) is 24.6 Å². The van der Waals surface area contributed by atoms with Crippen LogP contribution in [-0.4, -0.2) is 38.2 Å². The van der Waals surface area contributed by atoms with E-state index >= 15 is 0 Å². The summed E-state index contributed by atoms with van der Waals surface area (Å²) in [4.78, 5) is 14.9. The van der Waals surface area contributed by atoms with Crippen molar-refractivity contribution < 1.29 is 4.79 Å². The molecule has 0 radical (unpaired) electrons. The molecule has 1 aromatic carbocycles. The molecule has 6 nitrogen and oxygen atoms in total. The molecule has 1 aliphatic rings. The Morgan fingerprint density at radius 3 is 2.73 bits per heavy atom. The van der Waals surface area contributed by atoms with Gasteiger partial charge in [0.25, 0.3) is 0 Å². The number of nitrogens with one attached hydrogen (secondary N) is 1. The zero-order valence-electron chi connectivity index (χ0n) is 15.1.